The van der Waals surface area contributed by atoms with E-state index >= 15 is 0 Å². The van der Waals surface area contributed by atoms with Gasteiger partial charge in [0, 0.05) is 18.3 Å². The van der Waals surface area contributed by atoms with Gasteiger partial charge in [0.1, 0.15) is 20.8 Å². The minimum atomic E-state index is -3.87. The molecule has 10 heteroatoms. The van der Waals surface area contributed by atoms with Crippen molar-refractivity contribution in [1.29, 1.82) is 0 Å². The maximum absolute atomic E-state index is 12.5. The number of carbonyl (C=O) groups is 1. The number of thiophene rings is 1. The van der Waals surface area contributed by atoms with E-state index in [1.807, 2.05) is 19.1 Å². The summed E-state index contributed by atoms with van der Waals surface area (Å²) >= 11 is 12.7. The monoisotopic (exact) mass is 458 g/mol. The van der Waals surface area contributed by atoms with Gasteiger partial charge < -0.3 is 9.32 Å². The summed E-state index contributed by atoms with van der Waals surface area (Å²) in [5.74, 6) is 1.25. The Morgan fingerprint density at radius 2 is 1.86 bits per heavy atom. The molecule has 0 radical (unpaired) electrons. The maximum atomic E-state index is 12.5. The van der Waals surface area contributed by atoms with Crippen molar-refractivity contribution in [3.63, 3.8) is 0 Å². The second kappa shape index (κ2) is 8.16. The van der Waals surface area contributed by atoms with Crippen molar-refractivity contribution in [2.75, 3.05) is 11.8 Å². The van der Waals surface area contributed by atoms with Crippen LogP contribution in [0.5, 0.6) is 0 Å². The van der Waals surface area contributed by atoms with E-state index in [-0.39, 0.29) is 19.5 Å². The lowest BCUT2D eigenvalue weighted by molar-refractivity contribution is 0.0775. The van der Waals surface area contributed by atoms with Gasteiger partial charge in [-0.3, -0.25) is 9.52 Å². The molecule has 0 fully saturated rings. The Kier molecular flexibility index (Phi) is 6.04. The van der Waals surface area contributed by atoms with Crippen LogP contribution in [-0.2, 0) is 16.6 Å². The van der Waals surface area contributed by atoms with Gasteiger partial charge in [-0.25, -0.2) is 8.42 Å². The van der Waals surface area contributed by atoms with Crippen LogP contribution in [0.3, 0.4) is 0 Å². The quantitative estimate of drug-likeness (QED) is 0.561. The fourth-order valence-electron chi connectivity index (χ4n) is 2.50. The van der Waals surface area contributed by atoms with Gasteiger partial charge in [0.15, 0.2) is 0 Å². The summed E-state index contributed by atoms with van der Waals surface area (Å²) in [5.41, 5.74) is 0.726. The highest BCUT2D eigenvalue weighted by molar-refractivity contribution is 7.93. The number of sulfonamides is 1. The molecule has 148 valence electrons. The van der Waals surface area contributed by atoms with Crippen molar-refractivity contribution < 1.29 is 17.6 Å². The molecular weight excluding hydrogens is 443 g/mol. The Labute approximate surface area is 176 Å². The van der Waals surface area contributed by atoms with Crippen molar-refractivity contribution in [3.8, 4) is 0 Å². The number of anilines is 1. The van der Waals surface area contributed by atoms with E-state index in [9.17, 15) is 13.2 Å². The van der Waals surface area contributed by atoms with Crippen molar-refractivity contribution in [3.05, 3.63) is 68.2 Å². The van der Waals surface area contributed by atoms with Crippen LogP contribution in [0.4, 0.5) is 5.69 Å². The number of amides is 1. The molecular formula is C18H16Cl2N2O4S2. The van der Waals surface area contributed by atoms with Crippen LogP contribution in [0, 0.1) is 6.92 Å². The molecule has 1 N–H and O–H groups in total. The standard InChI is InChI=1S/C18H16Cl2N2O4S2/c1-11-3-8-14(26-11)10-22(2)18(23)12-4-6-13(7-5-12)21-28(24,25)15-9-16(19)27-17(15)20/h3-9,21H,10H2,1-2H3. The fourth-order valence-corrected chi connectivity index (χ4v) is 5.70. The maximum Gasteiger partial charge on any atom is 0.264 e. The number of rotatable bonds is 6. The minimum absolute atomic E-state index is 0.0825. The molecule has 28 heavy (non-hydrogen) atoms. The fraction of sp³-hybridized carbons (Fsp3) is 0.167. The highest BCUT2D eigenvalue weighted by atomic mass is 35.5. The summed E-state index contributed by atoms with van der Waals surface area (Å²) in [5, 5.41) is 0. The number of benzene rings is 1. The molecule has 0 saturated heterocycles. The molecule has 0 atom stereocenters. The third-order valence-corrected chi connectivity index (χ3v) is 6.97. The molecule has 0 saturated carbocycles. The summed E-state index contributed by atoms with van der Waals surface area (Å²) in [6, 6.07) is 11.1. The number of nitrogens with zero attached hydrogens (tertiary/aromatic N) is 1. The van der Waals surface area contributed by atoms with Gasteiger partial charge >= 0.3 is 0 Å². The Bertz CT molecular complexity index is 1110. The van der Waals surface area contributed by atoms with E-state index in [1.54, 1.807) is 19.2 Å². The first-order valence-electron chi connectivity index (χ1n) is 8.04. The van der Waals surface area contributed by atoms with Crippen molar-refractivity contribution in [2.24, 2.45) is 0 Å². The zero-order valence-corrected chi connectivity index (χ0v) is 18.0. The zero-order chi connectivity index (χ0) is 20.5. The summed E-state index contributed by atoms with van der Waals surface area (Å²) < 4.78 is 33.1. The van der Waals surface area contributed by atoms with E-state index in [2.05, 4.69) is 4.72 Å². The van der Waals surface area contributed by atoms with Crippen LogP contribution in [-0.4, -0.2) is 26.3 Å². The zero-order valence-electron chi connectivity index (χ0n) is 14.9. The molecule has 3 aromatic rings. The highest BCUT2D eigenvalue weighted by Gasteiger charge is 2.21. The van der Waals surface area contributed by atoms with Crippen LogP contribution >= 0.6 is 34.5 Å². The lowest BCUT2D eigenvalue weighted by Crippen LogP contribution is -2.26. The third-order valence-electron chi connectivity index (χ3n) is 3.83. The normalized spacial score (nSPS) is 11.4. The molecule has 6 nitrogen and oxygen atoms in total. The predicted molar refractivity (Wildman–Crippen MR) is 111 cm³/mol. The number of aryl methyl sites for hydroxylation is 1. The van der Waals surface area contributed by atoms with Crippen molar-refractivity contribution >= 4 is 56.2 Å². The summed E-state index contributed by atoms with van der Waals surface area (Å²) in [6.45, 7) is 2.17. The number of furan rings is 1. The lowest BCUT2D eigenvalue weighted by Gasteiger charge is -2.16. The van der Waals surface area contributed by atoms with E-state index in [4.69, 9.17) is 27.6 Å². The van der Waals surface area contributed by atoms with Crippen LogP contribution in [0.1, 0.15) is 21.9 Å². The number of nitrogens with one attached hydrogen (secondary N) is 1. The number of carbonyl (C=O) groups excluding carboxylic acids is 1. The van der Waals surface area contributed by atoms with Gasteiger partial charge in [0.2, 0.25) is 0 Å². The third kappa shape index (κ3) is 4.70. The average molecular weight is 459 g/mol. The van der Waals surface area contributed by atoms with Gasteiger partial charge in [-0.2, -0.15) is 0 Å². The first-order chi connectivity index (χ1) is 13.2. The largest absolute Gasteiger partial charge is 0.464 e. The van der Waals surface area contributed by atoms with Crippen molar-refractivity contribution in [1.82, 2.24) is 4.90 Å². The van der Waals surface area contributed by atoms with Gasteiger partial charge in [-0.05, 0) is 49.4 Å². The Morgan fingerprint density at radius 3 is 2.39 bits per heavy atom. The van der Waals surface area contributed by atoms with Gasteiger partial charge in [0.05, 0.1) is 10.9 Å². The SMILES string of the molecule is Cc1ccc(CN(C)C(=O)c2ccc(NS(=O)(=O)c3cc(Cl)sc3Cl)cc2)o1. The van der Waals surface area contributed by atoms with Crippen LogP contribution in [0.2, 0.25) is 8.67 Å². The Balaban J connectivity index is 1.70. The molecule has 0 aliphatic rings. The van der Waals surface area contributed by atoms with E-state index in [0.29, 0.717) is 23.6 Å². The van der Waals surface area contributed by atoms with Crippen LogP contribution in [0.25, 0.3) is 0 Å². The Morgan fingerprint density at radius 1 is 1.18 bits per heavy atom. The first-order valence-corrected chi connectivity index (χ1v) is 11.1. The molecule has 0 aliphatic heterocycles. The second-order valence-electron chi connectivity index (χ2n) is 6.04. The van der Waals surface area contributed by atoms with Crippen LogP contribution in [0.15, 0.2) is 51.8 Å². The molecule has 1 aromatic carbocycles. The number of hydrogen-bond acceptors (Lipinski definition) is 5. The van der Waals surface area contributed by atoms with E-state index in [0.717, 1.165) is 17.1 Å². The topological polar surface area (TPSA) is 79.6 Å². The molecule has 0 unspecified atom stereocenters. The molecule has 0 bridgehead atoms. The first kappa shape index (κ1) is 20.7. The minimum Gasteiger partial charge on any atom is -0.464 e. The molecule has 0 spiro atoms. The highest BCUT2D eigenvalue weighted by Crippen LogP contribution is 2.35. The van der Waals surface area contributed by atoms with Gasteiger partial charge in [-0.15, -0.1) is 11.3 Å². The second-order valence-corrected chi connectivity index (χ2v) is 9.98. The molecule has 2 aromatic heterocycles. The van der Waals surface area contributed by atoms with Gasteiger partial charge in [0.25, 0.3) is 15.9 Å². The number of halogens is 2. The summed E-state index contributed by atoms with van der Waals surface area (Å²) in [4.78, 5) is 14.0. The Hall–Kier alpha value is -2.00. The smallest absolute Gasteiger partial charge is 0.264 e. The molecule has 2 heterocycles. The number of hydrogen-bond donors (Lipinski definition) is 1. The van der Waals surface area contributed by atoms with Crippen LogP contribution < -0.4 is 4.72 Å². The molecule has 0 aliphatic carbocycles. The van der Waals surface area contributed by atoms with E-state index in [1.165, 1.54) is 23.1 Å². The predicted octanol–water partition coefficient (Wildman–Crippen LogP) is 5.03. The summed E-state index contributed by atoms with van der Waals surface area (Å²) in [6.07, 6.45) is 0. The summed E-state index contributed by atoms with van der Waals surface area (Å²) in [7, 11) is -2.21. The van der Waals surface area contributed by atoms with E-state index < -0.39 is 10.0 Å². The average Bonchev–Trinajstić information content (AvgIpc) is 3.19. The lowest BCUT2D eigenvalue weighted by atomic mass is 10.2. The van der Waals surface area contributed by atoms with Crippen molar-refractivity contribution in [2.45, 2.75) is 18.4 Å². The van der Waals surface area contributed by atoms with Gasteiger partial charge in [-0.1, -0.05) is 23.2 Å². The molecule has 3 rings (SSSR count). The molecule has 1 amide bonds.